The smallest absolute Gasteiger partial charge is 0.158 e. The topological polar surface area (TPSA) is 50.1 Å². The fourth-order valence-corrected chi connectivity index (χ4v) is 3.57. The van der Waals surface area contributed by atoms with E-state index in [4.69, 9.17) is 4.74 Å². The van der Waals surface area contributed by atoms with Gasteiger partial charge in [-0.3, -0.25) is 4.79 Å². The molecule has 1 fully saturated rings. The van der Waals surface area contributed by atoms with Gasteiger partial charge in [-0.25, -0.2) is 0 Å². The number of ether oxygens (including phenoxy) is 1. The Kier molecular flexibility index (Phi) is 2.86. The van der Waals surface area contributed by atoms with Gasteiger partial charge < -0.3 is 4.74 Å². The lowest BCUT2D eigenvalue weighted by atomic mass is 9.74. The van der Waals surface area contributed by atoms with Gasteiger partial charge >= 0.3 is 0 Å². The molecule has 3 rings (SSSR count). The van der Waals surface area contributed by atoms with E-state index in [-0.39, 0.29) is 17.1 Å². The molecule has 0 amide bonds. The maximum atomic E-state index is 12.6. The molecule has 1 aliphatic heterocycles. The van der Waals surface area contributed by atoms with Crippen LogP contribution < -0.4 is 4.74 Å². The molecule has 2 aliphatic rings. The highest BCUT2D eigenvalue weighted by molar-refractivity contribution is 5.94. The molecule has 0 radical (unpaired) electrons. The molecule has 1 aliphatic carbocycles. The molecule has 0 aromatic heterocycles. The lowest BCUT2D eigenvalue weighted by Crippen LogP contribution is -2.33. The summed E-state index contributed by atoms with van der Waals surface area (Å²) in [4.78, 5) is 12.6. The van der Waals surface area contributed by atoms with Crippen LogP contribution in [0.4, 0.5) is 0 Å². The maximum absolute atomic E-state index is 12.6. The summed E-state index contributed by atoms with van der Waals surface area (Å²) < 4.78 is 5.68. The zero-order valence-corrected chi connectivity index (χ0v) is 12.0. The summed E-state index contributed by atoms with van der Waals surface area (Å²) in [5.41, 5.74) is -0.0522. The molecule has 0 N–H and O–H groups in total. The van der Waals surface area contributed by atoms with E-state index in [2.05, 4.69) is 6.07 Å². The van der Waals surface area contributed by atoms with Crippen LogP contribution in [0.2, 0.25) is 0 Å². The van der Waals surface area contributed by atoms with Gasteiger partial charge in [-0.1, -0.05) is 32.0 Å². The molecule has 1 aromatic carbocycles. The number of rotatable bonds is 2. The first kappa shape index (κ1) is 13.2. The van der Waals surface area contributed by atoms with Crippen LogP contribution in [-0.2, 0) is 4.79 Å². The normalized spacial score (nSPS) is 30.6. The van der Waals surface area contributed by atoms with Crippen LogP contribution >= 0.6 is 0 Å². The van der Waals surface area contributed by atoms with Crippen LogP contribution in [0.3, 0.4) is 0 Å². The van der Waals surface area contributed by atoms with Crippen molar-refractivity contribution in [1.82, 2.24) is 0 Å². The molecule has 2 unspecified atom stereocenters. The molecule has 0 saturated heterocycles. The second-order valence-electron chi connectivity index (χ2n) is 6.66. The largest absolute Gasteiger partial charge is 0.493 e. The Morgan fingerprint density at radius 2 is 2.10 bits per heavy atom. The highest BCUT2D eigenvalue weighted by atomic mass is 16.5. The standard InChI is InChI=1S/C17H19NO2/c1-16(2)7-8-17(11-18,15(16)19)9-12-10-20-14-6-4-3-5-13(12)14/h3-6,12H,7-10H2,1-2H3. The number of nitrogens with zero attached hydrogens (tertiary/aromatic N) is 1. The van der Waals surface area contributed by atoms with E-state index in [1.807, 2.05) is 38.1 Å². The lowest BCUT2D eigenvalue weighted by molar-refractivity contribution is -0.130. The van der Waals surface area contributed by atoms with Crippen LogP contribution in [-0.4, -0.2) is 12.4 Å². The average Bonchev–Trinajstić information content (AvgIpc) is 2.95. The van der Waals surface area contributed by atoms with Crippen molar-refractivity contribution in [3.63, 3.8) is 0 Å². The number of Topliss-reactive ketones (excluding diaryl/α,β-unsaturated/α-hetero) is 1. The van der Waals surface area contributed by atoms with Gasteiger partial charge in [0.2, 0.25) is 0 Å². The van der Waals surface area contributed by atoms with Gasteiger partial charge in [0.25, 0.3) is 0 Å². The van der Waals surface area contributed by atoms with Gasteiger partial charge in [0, 0.05) is 16.9 Å². The molecular formula is C17H19NO2. The van der Waals surface area contributed by atoms with Crippen molar-refractivity contribution in [1.29, 1.82) is 5.26 Å². The molecule has 2 atom stereocenters. The van der Waals surface area contributed by atoms with Crippen molar-refractivity contribution >= 4 is 5.78 Å². The van der Waals surface area contributed by atoms with Gasteiger partial charge in [0.15, 0.2) is 5.78 Å². The first-order chi connectivity index (χ1) is 9.48. The number of carbonyl (C=O) groups excluding carboxylic acids is 1. The van der Waals surface area contributed by atoms with Crippen LogP contribution in [0.5, 0.6) is 5.75 Å². The van der Waals surface area contributed by atoms with Crippen LogP contribution in [0, 0.1) is 22.2 Å². The van der Waals surface area contributed by atoms with Crippen LogP contribution in [0.1, 0.15) is 44.6 Å². The van der Waals surface area contributed by atoms with Gasteiger partial charge in [0.1, 0.15) is 11.2 Å². The summed E-state index contributed by atoms with van der Waals surface area (Å²) in [5.74, 6) is 1.16. The number of carbonyl (C=O) groups is 1. The fourth-order valence-electron chi connectivity index (χ4n) is 3.57. The summed E-state index contributed by atoms with van der Waals surface area (Å²) in [6.07, 6.45) is 2.06. The average molecular weight is 269 g/mol. The summed E-state index contributed by atoms with van der Waals surface area (Å²) in [6.45, 7) is 4.48. The minimum Gasteiger partial charge on any atom is -0.493 e. The molecule has 0 bridgehead atoms. The number of nitriles is 1. The minimum absolute atomic E-state index is 0.108. The molecule has 20 heavy (non-hydrogen) atoms. The Balaban J connectivity index is 1.89. The third-order valence-electron chi connectivity index (χ3n) is 4.83. The Morgan fingerprint density at radius 1 is 1.35 bits per heavy atom. The highest BCUT2D eigenvalue weighted by Crippen LogP contribution is 2.51. The van der Waals surface area contributed by atoms with Crippen molar-refractivity contribution in [2.24, 2.45) is 10.8 Å². The number of ketones is 1. The zero-order chi connectivity index (χ0) is 14.4. The third-order valence-corrected chi connectivity index (χ3v) is 4.83. The second kappa shape index (κ2) is 4.34. The van der Waals surface area contributed by atoms with Crippen molar-refractivity contribution in [3.05, 3.63) is 29.8 Å². The predicted molar refractivity (Wildman–Crippen MR) is 75.4 cm³/mol. The minimum atomic E-state index is -0.824. The van der Waals surface area contributed by atoms with Crippen LogP contribution in [0.15, 0.2) is 24.3 Å². The molecule has 1 heterocycles. The van der Waals surface area contributed by atoms with Gasteiger partial charge in [-0.2, -0.15) is 5.26 Å². The monoisotopic (exact) mass is 269 g/mol. The highest BCUT2D eigenvalue weighted by Gasteiger charge is 2.53. The molecule has 1 aromatic rings. The number of para-hydroxylation sites is 1. The zero-order valence-electron chi connectivity index (χ0n) is 12.0. The van der Waals surface area contributed by atoms with E-state index >= 15 is 0 Å². The molecule has 3 heteroatoms. The van der Waals surface area contributed by atoms with E-state index < -0.39 is 5.41 Å². The Bertz CT molecular complexity index is 599. The summed E-state index contributed by atoms with van der Waals surface area (Å²) >= 11 is 0. The second-order valence-corrected chi connectivity index (χ2v) is 6.66. The van der Waals surface area contributed by atoms with E-state index in [0.717, 1.165) is 17.7 Å². The fraction of sp³-hybridized carbons (Fsp3) is 0.529. The molecule has 104 valence electrons. The Morgan fingerprint density at radius 3 is 2.75 bits per heavy atom. The van der Waals surface area contributed by atoms with Gasteiger partial charge in [-0.05, 0) is 25.3 Å². The van der Waals surface area contributed by atoms with Crippen molar-refractivity contribution < 1.29 is 9.53 Å². The SMILES string of the molecule is CC1(C)CCC(C#N)(CC2COc3ccccc32)C1=O. The van der Waals surface area contributed by atoms with Crippen LogP contribution in [0.25, 0.3) is 0 Å². The maximum Gasteiger partial charge on any atom is 0.158 e. The Hall–Kier alpha value is -1.82. The summed E-state index contributed by atoms with van der Waals surface area (Å²) in [5, 5.41) is 9.62. The quantitative estimate of drug-likeness (QED) is 0.826. The van der Waals surface area contributed by atoms with Gasteiger partial charge in [0.05, 0.1) is 12.7 Å². The summed E-state index contributed by atoms with van der Waals surface area (Å²) in [7, 11) is 0. The van der Waals surface area contributed by atoms with Gasteiger partial charge in [-0.15, -0.1) is 0 Å². The number of hydrogen-bond donors (Lipinski definition) is 0. The molecule has 0 spiro atoms. The Labute approximate surface area is 119 Å². The van der Waals surface area contributed by atoms with E-state index in [9.17, 15) is 10.1 Å². The van der Waals surface area contributed by atoms with Crippen molar-refractivity contribution in [2.45, 2.75) is 39.0 Å². The predicted octanol–water partition coefficient (Wildman–Crippen LogP) is 3.45. The third kappa shape index (κ3) is 1.83. The number of fused-ring (bicyclic) bond motifs is 1. The first-order valence-electron chi connectivity index (χ1n) is 7.16. The van der Waals surface area contributed by atoms with Crippen molar-refractivity contribution in [2.75, 3.05) is 6.61 Å². The molecule has 1 saturated carbocycles. The van der Waals surface area contributed by atoms with E-state index in [1.165, 1.54) is 0 Å². The number of hydrogen-bond acceptors (Lipinski definition) is 3. The molecule has 3 nitrogen and oxygen atoms in total. The van der Waals surface area contributed by atoms with E-state index in [0.29, 0.717) is 19.4 Å². The summed E-state index contributed by atoms with van der Waals surface area (Å²) in [6, 6.07) is 10.3. The van der Waals surface area contributed by atoms with E-state index in [1.54, 1.807) is 0 Å². The lowest BCUT2D eigenvalue weighted by Gasteiger charge is -2.24. The first-order valence-corrected chi connectivity index (χ1v) is 7.16. The van der Waals surface area contributed by atoms with Crippen molar-refractivity contribution in [3.8, 4) is 11.8 Å². The molecular weight excluding hydrogens is 250 g/mol. The number of benzene rings is 1.